The van der Waals surface area contributed by atoms with Crippen LogP contribution in [0.3, 0.4) is 0 Å². The van der Waals surface area contributed by atoms with Gasteiger partial charge in [0.1, 0.15) is 11.0 Å². The number of aromatic nitrogens is 1. The Balaban J connectivity index is 2.02. The van der Waals surface area contributed by atoms with Crippen LogP contribution in [0.4, 0.5) is 5.69 Å². The molecule has 1 aromatic heterocycles. The summed E-state index contributed by atoms with van der Waals surface area (Å²) >= 11 is 0. The quantitative estimate of drug-likeness (QED) is 0.764. The molecule has 1 saturated heterocycles. The first kappa shape index (κ1) is 12.1. The van der Waals surface area contributed by atoms with Gasteiger partial charge in [-0.1, -0.05) is 0 Å². The van der Waals surface area contributed by atoms with Crippen molar-refractivity contribution in [2.24, 2.45) is 0 Å². The molecule has 0 amide bonds. The van der Waals surface area contributed by atoms with Gasteiger partial charge in [0.05, 0.1) is 11.4 Å². The zero-order valence-electron chi connectivity index (χ0n) is 10.9. The van der Waals surface area contributed by atoms with Gasteiger partial charge in [0, 0.05) is 24.4 Å². The van der Waals surface area contributed by atoms with Crippen LogP contribution in [0.5, 0.6) is 0 Å². The number of nitrogens with zero attached hydrogens (tertiary/aromatic N) is 3. The highest BCUT2D eigenvalue weighted by atomic mass is 32.2. The Labute approximate surface area is 111 Å². The number of anilines is 1. The van der Waals surface area contributed by atoms with Gasteiger partial charge in [-0.3, -0.25) is 9.29 Å². The van der Waals surface area contributed by atoms with Crippen molar-refractivity contribution in [1.82, 2.24) is 9.88 Å². The maximum absolute atomic E-state index is 11.9. The number of pyridine rings is 1. The lowest BCUT2D eigenvalue weighted by Gasteiger charge is -2.37. The molecule has 1 spiro atoms. The molecule has 0 aliphatic carbocycles. The Kier molecular flexibility index (Phi) is 2.90. The van der Waals surface area contributed by atoms with Gasteiger partial charge in [0.25, 0.3) is 0 Å². The molecule has 3 rings (SSSR count). The van der Waals surface area contributed by atoms with E-state index in [1.165, 1.54) is 0 Å². The Bertz CT molecular complexity index is 483. The van der Waals surface area contributed by atoms with Crippen molar-refractivity contribution in [3.05, 3.63) is 24.0 Å². The third-order valence-corrected chi connectivity index (χ3v) is 5.20. The van der Waals surface area contributed by atoms with E-state index in [0.717, 1.165) is 43.9 Å². The first-order chi connectivity index (χ1) is 8.62. The second-order valence-corrected chi connectivity index (χ2v) is 6.70. The van der Waals surface area contributed by atoms with Crippen LogP contribution in [-0.4, -0.2) is 47.0 Å². The van der Waals surface area contributed by atoms with E-state index < -0.39 is 11.0 Å². The molecule has 1 unspecified atom stereocenters. The molecule has 1 aromatic rings. The van der Waals surface area contributed by atoms with Crippen LogP contribution < -0.4 is 4.31 Å². The number of rotatable bonds is 1. The summed E-state index contributed by atoms with van der Waals surface area (Å²) in [5, 5.41) is 0. The Morgan fingerprint density at radius 2 is 2.11 bits per heavy atom. The van der Waals surface area contributed by atoms with Crippen molar-refractivity contribution in [2.75, 3.05) is 37.2 Å². The first-order valence-electron chi connectivity index (χ1n) is 6.37. The molecular formula is C13H19N3OS. The zero-order valence-corrected chi connectivity index (χ0v) is 11.7. The second kappa shape index (κ2) is 4.31. The molecule has 0 bridgehead atoms. The summed E-state index contributed by atoms with van der Waals surface area (Å²) in [6.45, 7) is 3.05. The summed E-state index contributed by atoms with van der Waals surface area (Å²) in [4.78, 5) is 6.96. The minimum absolute atomic E-state index is 0.120. The molecule has 2 aliphatic heterocycles. The molecule has 18 heavy (non-hydrogen) atoms. The van der Waals surface area contributed by atoms with Crippen molar-refractivity contribution >= 4 is 16.7 Å². The van der Waals surface area contributed by atoms with Gasteiger partial charge in [-0.2, -0.15) is 0 Å². The normalized spacial score (nSPS) is 24.2. The van der Waals surface area contributed by atoms with Crippen molar-refractivity contribution in [1.29, 1.82) is 0 Å². The van der Waals surface area contributed by atoms with E-state index in [2.05, 4.69) is 23.0 Å². The van der Waals surface area contributed by atoms with E-state index in [1.807, 2.05) is 16.6 Å². The monoisotopic (exact) mass is 265 g/mol. The molecule has 3 heterocycles. The summed E-state index contributed by atoms with van der Waals surface area (Å²) in [5.74, 6) is 0. The van der Waals surface area contributed by atoms with Gasteiger partial charge >= 0.3 is 0 Å². The zero-order chi connectivity index (χ0) is 12.8. The maximum Gasteiger partial charge on any atom is 0.116 e. The minimum atomic E-state index is -0.959. The van der Waals surface area contributed by atoms with Crippen molar-refractivity contribution in [3.63, 3.8) is 0 Å². The van der Waals surface area contributed by atoms with Gasteiger partial charge in [-0.25, -0.2) is 4.21 Å². The highest BCUT2D eigenvalue weighted by Crippen LogP contribution is 2.45. The first-order valence-corrected chi connectivity index (χ1v) is 7.89. The van der Waals surface area contributed by atoms with Crippen LogP contribution in [-0.2, 0) is 16.4 Å². The van der Waals surface area contributed by atoms with Crippen molar-refractivity contribution < 1.29 is 4.21 Å². The topological polar surface area (TPSA) is 36.4 Å². The van der Waals surface area contributed by atoms with Crippen molar-refractivity contribution in [3.8, 4) is 0 Å². The molecule has 0 saturated carbocycles. The van der Waals surface area contributed by atoms with Gasteiger partial charge in [-0.05, 0) is 45.1 Å². The van der Waals surface area contributed by atoms with Crippen LogP contribution in [0.2, 0.25) is 0 Å². The predicted octanol–water partition coefficient (Wildman–Crippen LogP) is 1.16. The summed E-state index contributed by atoms with van der Waals surface area (Å²) in [6.07, 6.45) is 5.84. The lowest BCUT2D eigenvalue weighted by atomic mass is 9.77. The lowest BCUT2D eigenvalue weighted by Crippen LogP contribution is -2.44. The molecule has 0 N–H and O–H groups in total. The smallest absolute Gasteiger partial charge is 0.116 e. The molecule has 2 aliphatic rings. The van der Waals surface area contributed by atoms with E-state index in [-0.39, 0.29) is 5.41 Å². The standard InChI is InChI=1S/C13H19N3OS/c1-15-8-5-13(6-9-15)10-16(18(2)17)11-4-3-7-14-12(11)13/h3-4,7H,5-6,8-10H2,1-2H3. The molecule has 1 fully saturated rings. The fraction of sp³-hybridized carbons (Fsp3) is 0.615. The van der Waals surface area contributed by atoms with Crippen LogP contribution in [0.1, 0.15) is 18.5 Å². The average Bonchev–Trinajstić information content (AvgIpc) is 2.69. The SMILES string of the molecule is CN1CCC2(CC1)CN(S(C)=O)c1cccnc12. The fourth-order valence-corrected chi connectivity index (χ4v) is 3.97. The molecule has 1 atom stereocenters. The Hall–Kier alpha value is -0.940. The van der Waals surface area contributed by atoms with E-state index >= 15 is 0 Å². The van der Waals surface area contributed by atoms with E-state index in [9.17, 15) is 4.21 Å². The number of likely N-dealkylation sites (tertiary alicyclic amines) is 1. The fourth-order valence-electron chi connectivity index (χ4n) is 3.11. The predicted molar refractivity (Wildman–Crippen MR) is 74.1 cm³/mol. The molecule has 5 heteroatoms. The second-order valence-electron chi connectivity index (χ2n) is 5.42. The Morgan fingerprint density at radius 3 is 2.78 bits per heavy atom. The molecule has 0 aromatic carbocycles. The largest absolute Gasteiger partial charge is 0.306 e. The number of piperidine rings is 1. The van der Waals surface area contributed by atoms with Crippen LogP contribution in [0.15, 0.2) is 18.3 Å². The van der Waals surface area contributed by atoms with Crippen LogP contribution in [0.25, 0.3) is 0 Å². The highest BCUT2D eigenvalue weighted by molar-refractivity contribution is 7.85. The Morgan fingerprint density at radius 1 is 1.39 bits per heavy atom. The summed E-state index contributed by atoms with van der Waals surface area (Å²) < 4.78 is 13.9. The van der Waals surface area contributed by atoms with E-state index in [0.29, 0.717) is 0 Å². The third kappa shape index (κ3) is 1.77. The number of hydrogen-bond donors (Lipinski definition) is 0. The van der Waals surface area contributed by atoms with Crippen LogP contribution >= 0.6 is 0 Å². The van der Waals surface area contributed by atoms with Gasteiger partial charge in [0.2, 0.25) is 0 Å². The average molecular weight is 265 g/mol. The summed E-state index contributed by atoms with van der Waals surface area (Å²) in [7, 11) is 1.20. The molecule has 4 nitrogen and oxygen atoms in total. The van der Waals surface area contributed by atoms with Crippen molar-refractivity contribution in [2.45, 2.75) is 18.3 Å². The highest BCUT2D eigenvalue weighted by Gasteiger charge is 2.46. The van der Waals surface area contributed by atoms with Crippen LogP contribution in [0, 0.1) is 0 Å². The van der Waals surface area contributed by atoms with Gasteiger partial charge < -0.3 is 4.90 Å². The third-order valence-electron chi connectivity index (χ3n) is 4.26. The van der Waals surface area contributed by atoms with E-state index in [4.69, 9.17) is 0 Å². The number of fused-ring (bicyclic) bond motifs is 2. The van der Waals surface area contributed by atoms with Gasteiger partial charge in [0.15, 0.2) is 0 Å². The minimum Gasteiger partial charge on any atom is -0.306 e. The molecule has 98 valence electrons. The summed E-state index contributed by atoms with van der Waals surface area (Å²) in [6, 6.07) is 3.99. The molecular weight excluding hydrogens is 246 g/mol. The lowest BCUT2D eigenvalue weighted by molar-refractivity contribution is 0.196. The van der Waals surface area contributed by atoms with E-state index in [1.54, 1.807) is 6.26 Å². The molecule has 0 radical (unpaired) electrons. The summed E-state index contributed by atoms with van der Waals surface area (Å²) in [5.41, 5.74) is 2.35. The number of hydrogen-bond acceptors (Lipinski definition) is 3. The maximum atomic E-state index is 11.9. The van der Waals surface area contributed by atoms with Gasteiger partial charge in [-0.15, -0.1) is 0 Å².